The number of fused-ring (bicyclic) bond motifs is 1. The Hall–Kier alpha value is -2.62. The van der Waals surface area contributed by atoms with Gasteiger partial charge in [0.15, 0.2) is 11.5 Å². The lowest BCUT2D eigenvalue weighted by Crippen LogP contribution is -2.11. The van der Waals surface area contributed by atoms with Crippen LogP contribution in [0.2, 0.25) is 0 Å². The summed E-state index contributed by atoms with van der Waals surface area (Å²) < 4.78 is 47.6. The van der Waals surface area contributed by atoms with Gasteiger partial charge >= 0.3 is 10.4 Å². The van der Waals surface area contributed by atoms with Crippen molar-refractivity contribution in [1.82, 2.24) is 0 Å². The number of allylic oxidation sites excluding steroid dienone is 1. The number of rotatable bonds is 4. The number of ether oxygens (including phenoxy) is 2. The molecule has 140 valence electrons. The fourth-order valence-electron chi connectivity index (χ4n) is 2.44. The summed E-state index contributed by atoms with van der Waals surface area (Å²) in [6, 6.07) is 7.79. The number of aliphatic imine (C=N–C) groups is 1. The van der Waals surface area contributed by atoms with E-state index < -0.39 is 10.4 Å². The monoisotopic (exact) mass is 381 g/mol. The van der Waals surface area contributed by atoms with Gasteiger partial charge in [0.2, 0.25) is 0 Å². The van der Waals surface area contributed by atoms with Crippen molar-refractivity contribution in [3.8, 4) is 11.5 Å². The van der Waals surface area contributed by atoms with Crippen molar-refractivity contribution in [3.05, 3.63) is 53.5 Å². The van der Waals surface area contributed by atoms with E-state index in [1.165, 1.54) is 5.56 Å². The molecule has 0 atom stereocenters. The molecule has 9 heteroatoms. The molecule has 2 aromatic rings. The van der Waals surface area contributed by atoms with E-state index >= 15 is 0 Å². The van der Waals surface area contributed by atoms with Crippen molar-refractivity contribution in [1.29, 1.82) is 0 Å². The van der Waals surface area contributed by atoms with E-state index in [2.05, 4.69) is 4.99 Å². The first-order valence-electron chi connectivity index (χ1n) is 7.53. The molecule has 3 rings (SSSR count). The van der Waals surface area contributed by atoms with Gasteiger partial charge in [-0.3, -0.25) is 14.1 Å². The quantitative estimate of drug-likeness (QED) is 0.782. The van der Waals surface area contributed by atoms with Crippen molar-refractivity contribution in [3.63, 3.8) is 0 Å². The van der Waals surface area contributed by atoms with Gasteiger partial charge in [-0.15, -0.1) is 0 Å². The minimum atomic E-state index is -4.67. The Morgan fingerprint density at radius 1 is 1.15 bits per heavy atom. The molecule has 0 radical (unpaired) electrons. The predicted molar refractivity (Wildman–Crippen MR) is 96.6 cm³/mol. The van der Waals surface area contributed by atoms with E-state index in [0.717, 1.165) is 41.5 Å². The lowest BCUT2D eigenvalue weighted by atomic mass is 9.96. The van der Waals surface area contributed by atoms with Crippen LogP contribution < -0.4 is 9.47 Å². The molecule has 2 N–H and O–H groups in total. The first-order valence-corrected chi connectivity index (χ1v) is 8.92. The molecule has 0 saturated heterocycles. The van der Waals surface area contributed by atoms with Gasteiger partial charge in [0.05, 0.1) is 26.2 Å². The van der Waals surface area contributed by atoms with Gasteiger partial charge in [-0.25, -0.2) is 0 Å². The minimum Gasteiger partial charge on any atom is -0.493 e. The molecule has 0 saturated carbocycles. The molecule has 0 amide bonds. The van der Waals surface area contributed by atoms with Gasteiger partial charge in [-0.05, 0) is 48.4 Å². The normalized spacial score (nSPS) is 13.5. The van der Waals surface area contributed by atoms with E-state index in [1.54, 1.807) is 20.5 Å². The summed E-state index contributed by atoms with van der Waals surface area (Å²) >= 11 is 0. The summed E-state index contributed by atoms with van der Waals surface area (Å²) in [5.41, 5.74) is 3.25. The Labute approximate surface area is 151 Å². The lowest BCUT2D eigenvalue weighted by Gasteiger charge is -2.18. The highest BCUT2D eigenvalue weighted by atomic mass is 32.3. The van der Waals surface area contributed by atoms with Crippen LogP contribution in [0.3, 0.4) is 0 Å². The van der Waals surface area contributed by atoms with Gasteiger partial charge in [0.1, 0.15) is 5.76 Å². The summed E-state index contributed by atoms with van der Waals surface area (Å²) in [5, 5.41) is 0. The van der Waals surface area contributed by atoms with Crippen molar-refractivity contribution in [2.45, 2.75) is 6.42 Å². The second-order valence-corrected chi connectivity index (χ2v) is 6.07. The molecule has 26 heavy (non-hydrogen) atoms. The second kappa shape index (κ2) is 8.65. The Kier molecular flexibility index (Phi) is 6.56. The predicted octanol–water partition coefficient (Wildman–Crippen LogP) is 2.70. The molecule has 0 spiro atoms. The van der Waals surface area contributed by atoms with Crippen LogP contribution >= 0.6 is 0 Å². The zero-order valence-corrected chi connectivity index (χ0v) is 15.1. The Balaban J connectivity index is 0.000000431. The Bertz CT molecular complexity index is 891. The maximum atomic E-state index is 8.74. The molecule has 8 nitrogen and oxygen atoms in total. The smallest absolute Gasteiger partial charge is 0.394 e. The number of hydrogen-bond acceptors (Lipinski definition) is 6. The Morgan fingerprint density at radius 2 is 1.81 bits per heavy atom. The number of furan rings is 1. The van der Waals surface area contributed by atoms with Crippen molar-refractivity contribution in [2.75, 3.05) is 20.8 Å². The van der Waals surface area contributed by atoms with Crippen LogP contribution in [0.1, 0.15) is 16.9 Å². The lowest BCUT2D eigenvalue weighted by molar-refractivity contribution is 0.354. The topological polar surface area (TPSA) is 119 Å². The van der Waals surface area contributed by atoms with E-state index in [1.807, 2.05) is 36.4 Å². The highest BCUT2D eigenvalue weighted by molar-refractivity contribution is 7.79. The summed E-state index contributed by atoms with van der Waals surface area (Å²) in [4.78, 5) is 4.59. The van der Waals surface area contributed by atoms with Crippen molar-refractivity contribution in [2.24, 2.45) is 4.99 Å². The maximum absolute atomic E-state index is 8.74. The molecule has 1 aliphatic heterocycles. The SMILES string of the molecule is COc1cc2c(cc1OC)C(/C=C/c1ccco1)=NCC2.O=S(=O)(O)O. The maximum Gasteiger partial charge on any atom is 0.394 e. The zero-order valence-electron chi connectivity index (χ0n) is 14.2. The largest absolute Gasteiger partial charge is 0.493 e. The van der Waals surface area contributed by atoms with Crippen LogP contribution in [-0.4, -0.2) is 44.0 Å². The molecule has 0 aliphatic carbocycles. The third-order valence-electron chi connectivity index (χ3n) is 3.50. The van der Waals surface area contributed by atoms with Crippen molar-refractivity contribution < 1.29 is 31.4 Å². The average Bonchev–Trinajstić information content (AvgIpc) is 3.10. The fraction of sp³-hybridized carbons (Fsp3) is 0.235. The summed E-state index contributed by atoms with van der Waals surface area (Å²) in [6.07, 6.45) is 6.46. The number of benzene rings is 1. The number of hydrogen-bond donors (Lipinski definition) is 2. The van der Waals surface area contributed by atoms with Crippen molar-refractivity contribution >= 4 is 22.2 Å². The first-order chi connectivity index (χ1) is 12.3. The molecular weight excluding hydrogens is 362 g/mol. The molecule has 0 unspecified atom stereocenters. The zero-order chi connectivity index (χ0) is 19.2. The molecule has 1 aromatic heterocycles. The molecule has 2 heterocycles. The molecule has 1 aromatic carbocycles. The average molecular weight is 381 g/mol. The minimum absolute atomic E-state index is 0.720. The summed E-state index contributed by atoms with van der Waals surface area (Å²) in [7, 11) is -1.37. The van der Waals surface area contributed by atoms with Gasteiger partial charge in [-0.2, -0.15) is 8.42 Å². The van der Waals surface area contributed by atoms with E-state index in [0.29, 0.717) is 0 Å². The number of methoxy groups -OCH3 is 2. The van der Waals surface area contributed by atoms with Gasteiger partial charge in [-0.1, -0.05) is 0 Å². The van der Waals surface area contributed by atoms with E-state index in [-0.39, 0.29) is 0 Å². The highest BCUT2D eigenvalue weighted by Gasteiger charge is 2.16. The van der Waals surface area contributed by atoms with Gasteiger partial charge in [0.25, 0.3) is 0 Å². The van der Waals surface area contributed by atoms with Crippen LogP contribution in [0.4, 0.5) is 0 Å². The third kappa shape index (κ3) is 5.73. The van der Waals surface area contributed by atoms with Gasteiger partial charge < -0.3 is 13.9 Å². The summed E-state index contributed by atoms with van der Waals surface area (Å²) in [5.74, 6) is 2.29. The fourth-order valence-corrected chi connectivity index (χ4v) is 2.44. The molecule has 0 fully saturated rings. The third-order valence-corrected chi connectivity index (χ3v) is 3.50. The van der Waals surface area contributed by atoms with Gasteiger partial charge in [0, 0.05) is 12.1 Å². The highest BCUT2D eigenvalue weighted by Crippen LogP contribution is 2.32. The van der Waals surface area contributed by atoms with E-state index in [4.69, 9.17) is 31.4 Å². The van der Waals surface area contributed by atoms with Crippen LogP contribution in [0, 0.1) is 0 Å². The molecule has 1 aliphatic rings. The number of nitrogens with zero attached hydrogens (tertiary/aromatic N) is 1. The molecular formula is C17H19NO7S. The summed E-state index contributed by atoms with van der Waals surface area (Å²) in [6.45, 7) is 0.778. The molecule has 0 bridgehead atoms. The van der Waals surface area contributed by atoms with Crippen LogP contribution in [0.15, 0.2) is 46.0 Å². The second-order valence-electron chi connectivity index (χ2n) is 5.18. The standard InChI is InChI=1S/C17H17NO3.H2O4S/c1-19-16-10-12-7-8-18-15(14(12)11-17(16)20-2)6-5-13-4-3-9-21-13;1-5(2,3)4/h3-6,9-11H,7-8H2,1-2H3;(H2,1,2,3,4)/b6-5+;. The van der Waals surface area contributed by atoms with Crippen LogP contribution in [-0.2, 0) is 16.8 Å². The van der Waals surface area contributed by atoms with Crippen LogP contribution in [0.25, 0.3) is 6.08 Å². The Morgan fingerprint density at radius 3 is 2.38 bits per heavy atom. The van der Waals surface area contributed by atoms with Crippen LogP contribution in [0.5, 0.6) is 11.5 Å². The van der Waals surface area contributed by atoms with E-state index in [9.17, 15) is 0 Å². The first kappa shape index (κ1) is 19.7.